The zero-order valence-electron chi connectivity index (χ0n) is 30.1. The number of carboxylic acid groups (broad SMARTS) is 1. The molecule has 0 spiro atoms. The summed E-state index contributed by atoms with van der Waals surface area (Å²) in [7, 11) is 0. The molecule has 0 radical (unpaired) electrons. The topological polar surface area (TPSA) is 54.4 Å². The second kappa shape index (κ2) is 17.9. The molecule has 0 aromatic heterocycles. The second-order valence-electron chi connectivity index (χ2n) is 17.0. The van der Waals surface area contributed by atoms with Crippen molar-refractivity contribution in [2.45, 2.75) is 188 Å². The molecule has 1 N–H and O–H groups in total. The van der Waals surface area contributed by atoms with Crippen LogP contribution in [0.15, 0.2) is 12.2 Å². The van der Waals surface area contributed by atoms with E-state index in [9.17, 15) is 14.7 Å². The predicted molar refractivity (Wildman–Crippen MR) is 189 cm³/mol. The van der Waals surface area contributed by atoms with Gasteiger partial charge < -0.3 is 5.11 Å². The lowest BCUT2D eigenvalue weighted by Gasteiger charge is -2.61. The molecule has 0 aliphatic heterocycles. The van der Waals surface area contributed by atoms with Crippen molar-refractivity contribution < 1.29 is 14.7 Å². The summed E-state index contributed by atoms with van der Waals surface area (Å²) in [6, 6.07) is 0. The molecule has 4 fully saturated rings. The zero-order valence-corrected chi connectivity index (χ0v) is 30.1. The summed E-state index contributed by atoms with van der Waals surface area (Å²) in [5.41, 5.74) is 0.894. The number of carbonyl (C=O) groups excluding carboxylic acids is 1. The summed E-state index contributed by atoms with van der Waals surface area (Å²) in [4.78, 5) is 25.5. The lowest BCUT2D eigenvalue weighted by Crippen LogP contribution is -2.53. The first-order valence-electron chi connectivity index (χ1n) is 20.1. The van der Waals surface area contributed by atoms with Crippen molar-refractivity contribution in [3.8, 4) is 0 Å². The van der Waals surface area contributed by atoms with Gasteiger partial charge in [0.2, 0.25) is 0 Å². The number of unbranched alkanes of at least 4 members (excludes halogenated alkanes) is 11. The van der Waals surface area contributed by atoms with Crippen LogP contribution in [0.3, 0.4) is 0 Å². The molecule has 4 rings (SSSR count). The highest BCUT2D eigenvalue weighted by molar-refractivity contribution is 5.98. The van der Waals surface area contributed by atoms with Crippen LogP contribution >= 0.6 is 0 Å². The molecular formula is C42H72O3. The Kier molecular flexibility index (Phi) is 14.6. The minimum Gasteiger partial charge on any atom is -0.481 e. The standard InChI is InChI=1S/C42H72O3/c1-5-6-7-8-9-10-11-12-13-14-15-16-17-18-19-23-39(43)35(40(44)45)31-32(2)36-26-27-37-34-25-24-33-22-20-21-29-41(33,3)38(34)28-30-42(36,37)4/h12-13,32-38H,5-11,14-31H2,1-4H3,(H,44,45)/b13-12-/t32?,33?,34-,35?,36+,37-,38-,41-,42+/m0/s1. The van der Waals surface area contributed by atoms with E-state index in [1.54, 1.807) is 0 Å². The maximum Gasteiger partial charge on any atom is 0.314 e. The van der Waals surface area contributed by atoms with Crippen LogP contribution in [0, 0.1) is 52.3 Å². The number of aliphatic carboxylic acids is 1. The van der Waals surface area contributed by atoms with Crippen LogP contribution in [0.5, 0.6) is 0 Å². The third-order valence-corrected chi connectivity index (χ3v) is 14.3. The minimum atomic E-state index is -0.883. The van der Waals surface area contributed by atoms with E-state index in [1.165, 1.54) is 122 Å². The molecule has 4 aliphatic rings. The number of Topliss-reactive ketones (excluding diaryl/α,β-unsaturated/α-hetero) is 1. The van der Waals surface area contributed by atoms with Gasteiger partial charge in [-0.3, -0.25) is 9.59 Å². The minimum absolute atomic E-state index is 0.0149. The molecule has 0 aromatic carbocycles. The van der Waals surface area contributed by atoms with E-state index >= 15 is 0 Å². The summed E-state index contributed by atoms with van der Waals surface area (Å²) >= 11 is 0. The molecule has 3 unspecified atom stereocenters. The lowest BCUT2D eigenvalue weighted by atomic mass is 9.44. The molecule has 4 saturated carbocycles. The number of carboxylic acids is 1. The van der Waals surface area contributed by atoms with Crippen LogP contribution in [-0.2, 0) is 9.59 Å². The Morgan fingerprint density at radius 2 is 1.38 bits per heavy atom. The third kappa shape index (κ3) is 9.28. The van der Waals surface area contributed by atoms with E-state index < -0.39 is 11.9 Å². The normalized spacial score (nSPS) is 34.2. The predicted octanol–water partition coefficient (Wildman–Crippen LogP) is 12.4. The largest absolute Gasteiger partial charge is 0.481 e. The maximum atomic E-state index is 13.2. The van der Waals surface area contributed by atoms with Crippen molar-refractivity contribution in [3.63, 3.8) is 0 Å². The lowest BCUT2D eigenvalue weighted by molar-refractivity contribution is -0.148. The highest BCUT2D eigenvalue weighted by Gasteiger charge is 2.60. The molecule has 0 bridgehead atoms. The van der Waals surface area contributed by atoms with Gasteiger partial charge in [0.05, 0.1) is 0 Å². The molecule has 0 heterocycles. The average molecular weight is 625 g/mol. The highest BCUT2D eigenvalue weighted by atomic mass is 16.4. The monoisotopic (exact) mass is 625 g/mol. The van der Waals surface area contributed by atoms with Gasteiger partial charge in [0, 0.05) is 6.42 Å². The molecular weight excluding hydrogens is 552 g/mol. The van der Waals surface area contributed by atoms with E-state index in [0.717, 1.165) is 49.4 Å². The van der Waals surface area contributed by atoms with Gasteiger partial charge in [-0.05, 0) is 136 Å². The summed E-state index contributed by atoms with van der Waals surface area (Å²) in [6.07, 6.45) is 35.6. The van der Waals surface area contributed by atoms with Crippen LogP contribution < -0.4 is 0 Å². The molecule has 45 heavy (non-hydrogen) atoms. The molecule has 258 valence electrons. The fourth-order valence-corrected chi connectivity index (χ4v) is 11.7. The average Bonchev–Trinajstić information content (AvgIpc) is 3.38. The van der Waals surface area contributed by atoms with Crippen molar-refractivity contribution >= 4 is 11.8 Å². The third-order valence-electron chi connectivity index (χ3n) is 14.3. The molecule has 4 aliphatic carbocycles. The highest BCUT2D eigenvalue weighted by Crippen LogP contribution is 2.68. The van der Waals surface area contributed by atoms with E-state index in [-0.39, 0.29) is 5.78 Å². The number of rotatable bonds is 20. The number of hydrogen-bond donors (Lipinski definition) is 1. The smallest absolute Gasteiger partial charge is 0.314 e. The Bertz CT molecular complexity index is 938. The maximum absolute atomic E-state index is 13.2. The van der Waals surface area contributed by atoms with E-state index in [2.05, 4.69) is 39.8 Å². The number of ketones is 1. The Morgan fingerprint density at radius 3 is 2.07 bits per heavy atom. The fraction of sp³-hybridized carbons (Fsp3) is 0.905. The Balaban J connectivity index is 1.15. The van der Waals surface area contributed by atoms with Crippen molar-refractivity contribution in [3.05, 3.63) is 12.2 Å². The van der Waals surface area contributed by atoms with Crippen LogP contribution in [0.25, 0.3) is 0 Å². The fourth-order valence-electron chi connectivity index (χ4n) is 11.7. The van der Waals surface area contributed by atoms with Gasteiger partial charge in [-0.1, -0.05) is 104 Å². The van der Waals surface area contributed by atoms with Gasteiger partial charge in [0.25, 0.3) is 0 Å². The molecule has 3 nitrogen and oxygen atoms in total. The van der Waals surface area contributed by atoms with Gasteiger partial charge in [-0.25, -0.2) is 0 Å². The van der Waals surface area contributed by atoms with Crippen molar-refractivity contribution in [1.29, 1.82) is 0 Å². The van der Waals surface area contributed by atoms with Gasteiger partial charge in [0.1, 0.15) is 11.7 Å². The number of carbonyl (C=O) groups is 2. The van der Waals surface area contributed by atoms with Gasteiger partial charge >= 0.3 is 5.97 Å². The van der Waals surface area contributed by atoms with Crippen molar-refractivity contribution in [2.24, 2.45) is 52.3 Å². The van der Waals surface area contributed by atoms with E-state index in [4.69, 9.17) is 0 Å². The van der Waals surface area contributed by atoms with Crippen LogP contribution in [0.2, 0.25) is 0 Å². The Morgan fingerprint density at radius 1 is 0.733 bits per heavy atom. The summed E-state index contributed by atoms with van der Waals surface area (Å²) in [5, 5.41) is 10.1. The van der Waals surface area contributed by atoms with Gasteiger partial charge in [0.15, 0.2) is 0 Å². The second-order valence-corrected chi connectivity index (χ2v) is 17.0. The Hall–Kier alpha value is -1.12. The van der Waals surface area contributed by atoms with Crippen LogP contribution in [0.4, 0.5) is 0 Å². The SMILES string of the molecule is CCCCCCCC/C=C\CCCCCCCC(=O)C(CC(C)[C@H]1CC[C@H]2[C@@H]3CCC4CCCC[C@]4(C)[C@H]3CC[C@]12C)C(=O)O. The molecule has 0 aromatic rings. The summed E-state index contributed by atoms with van der Waals surface area (Å²) < 4.78 is 0. The first-order chi connectivity index (χ1) is 21.7. The first kappa shape index (κ1) is 36.7. The number of hydrogen-bond acceptors (Lipinski definition) is 2. The summed E-state index contributed by atoms with van der Waals surface area (Å²) in [5.74, 6) is 2.70. The van der Waals surface area contributed by atoms with Crippen molar-refractivity contribution in [2.75, 3.05) is 0 Å². The molecule has 0 amide bonds. The van der Waals surface area contributed by atoms with Gasteiger partial charge in [-0.15, -0.1) is 0 Å². The summed E-state index contributed by atoms with van der Waals surface area (Å²) in [6.45, 7) is 9.78. The number of fused-ring (bicyclic) bond motifs is 5. The van der Waals surface area contributed by atoms with Crippen LogP contribution in [-0.4, -0.2) is 16.9 Å². The van der Waals surface area contributed by atoms with Gasteiger partial charge in [-0.2, -0.15) is 0 Å². The molecule has 3 heteroatoms. The first-order valence-corrected chi connectivity index (χ1v) is 20.1. The quantitative estimate of drug-likeness (QED) is 0.0833. The number of allylic oxidation sites excluding steroid dienone is 2. The van der Waals surface area contributed by atoms with E-state index in [1.807, 2.05) is 0 Å². The Labute approximate surface area is 278 Å². The molecule has 0 saturated heterocycles. The zero-order chi connectivity index (χ0) is 32.3. The van der Waals surface area contributed by atoms with Crippen molar-refractivity contribution in [1.82, 2.24) is 0 Å². The van der Waals surface area contributed by atoms with E-state index in [0.29, 0.717) is 35.5 Å². The molecule has 9 atom stereocenters. The van der Waals surface area contributed by atoms with Crippen LogP contribution in [0.1, 0.15) is 188 Å².